The van der Waals surface area contributed by atoms with Crippen LogP contribution in [0.4, 0.5) is 5.69 Å². The predicted molar refractivity (Wildman–Crippen MR) is 71.2 cm³/mol. The highest BCUT2D eigenvalue weighted by atomic mass is 16.5. The molecule has 5 nitrogen and oxygen atoms in total. The molecule has 2 rings (SSSR count). The van der Waals surface area contributed by atoms with Gasteiger partial charge in [0.1, 0.15) is 0 Å². The third-order valence-electron chi connectivity index (χ3n) is 2.55. The molecule has 0 saturated heterocycles. The minimum Gasteiger partial charge on any atom is -0.493 e. The highest BCUT2D eigenvalue weighted by Crippen LogP contribution is 2.32. The Hall–Kier alpha value is -2.74. The lowest BCUT2D eigenvalue weighted by Crippen LogP contribution is -1.96. The second kappa shape index (κ2) is 5.27. The molecule has 2 N–H and O–H groups in total. The zero-order chi connectivity index (χ0) is 13.8. The van der Waals surface area contributed by atoms with Crippen LogP contribution in [-0.2, 0) is 0 Å². The first-order valence-electron chi connectivity index (χ1n) is 5.62. The first-order chi connectivity index (χ1) is 9.13. The molecule has 5 heteroatoms. The molecule has 2 aromatic rings. The van der Waals surface area contributed by atoms with E-state index < -0.39 is 0 Å². The molecule has 0 saturated carbocycles. The van der Waals surface area contributed by atoms with Crippen molar-refractivity contribution in [3.05, 3.63) is 41.6 Å². The summed E-state index contributed by atoms with van der Waals surface area (Å²) in [6, 6.07) is 8.77. The van der Waals surface area contributed by atoms with Crippen molar-refractivity contribution in [2.75, 3.05) is 12.8 Å². The largest absolute Gasteiger partial charge is 0.493 e. The van der Waals surface area contributed by atoms with E-state index in [9.17, 15) is 0 Å². The van der Waals surface area contributed by atoms with Crippen LogP contribution in [0.5, 0.6) is 17.4 Å². The SMILES string of the molecule is COc1cc(C#N)ccc1Oc1ncc(N)cc1C. The second-order valence-electron chi connectivity index (χ2n) is 3.97. The summed E-state index contributed by atoms with van der Waals surface area (Å²) in [6.45, 7) is 1.86. The maximum atomic E-state index is 8.84. The van der Waals surface area contributed by atoms with Gasteiger partial charge >= 0.3 is 0 Å². The molecular formula is C14H13N3O2. The molecule has 0 fully saturated rings. The van der Waals surface area contributed by atoms with Gasteiger partial charge in [-0.05, 0) is 25.1 Å². The van der Waals surface area contributed by atoms with Crippen LogP contribution in [-0.4, -0.2) is 12.1 Å². The van der Waals surface area contributed by atoms with Crippen molar-refractivity contribution in [3.8, 4) is 23.4 Å². The molecule has 0 atom stereocenters. The molecular weight excluding hydrogens is 242 g/mol. The van der Waals surface area contributed by atoms with Gasteiger partial charge in [-0.25, -0.2) is 4.98 Å². The average Bonchev–Trinajstić information content (AvgIpc) is 2.42. The van der Waals surface area contributed by atoms with Gasteiger partial charge < -0.3 is 15.2 Å². The minimum absolute atomic E-state index is 0.456. The molecule has 0 unspecified atom stereocenters. The molecule has 0 bridgehead atoms. The number of nitrogens with zero attached hydrogens (tertiary/aromatic N) is 2. The van der Waals surface area contributed by atoms with E-state index in [1.165, 1.54) is 13.3 Å². The van der Waals surface area contributed by atoms with Crippen molar-refractivity contribution in [3.63, 3.8) is 0 Å². The van der Waals surface area contributed by atoms with Crippen LogP contribution < -0.4 is 15.2 Å². The lowest BCUT2D eigenvalue weighted by atomic mass is 10.2. The summed E-state index contributed by atoms with van der Waals surface area (Å²) in [5.74, 6) is 1.44. The van der Waals surface area contributed by atoms with Crippen molar-refractivity contribution in [2.45, 2.75) is 6.92 Å². The summed E-state index contributed by atoms with van der Waals surface area (Å²) in [5, 5.41) is 8.84. The number of nitrogen functional groups attached to an aromatic ring is 1. The lowest BCUT2D eigenvalue weighted by Gasteiger charge is -2.11. The van der Waals surface area contributed by atoms with Crippen LogP contribution in [0.1, 0.15) is 11.1 Å². The Kier molecular flexibility index (Phi) is 3.53. The molecule has 0 amide bonds. The maximum Gasteiger partial charge on any atom is 0.222 e. The van der Waals surface area contributed by atoms with E-state index >= 15 is 0 Å². The normalized spacial score (nSPS) is 9.74. The Bertz CT molecular complexity index is 648. The highest BCUT2D eigenvalue weighted by molar-refractivity contribution is 5.49. The van der Waals surface area contributed by atoms with Crippen molar-refractivity contribution < 1.29 is 9.47 Å². The summed E-state index contributed by atoms with van der Waals surface area (Å²) >= 11 is 0. The van der Waals surface area contributed by atoms with Gasteiger partial charge in [-0.3, -0.25) is 0 Å². The Labute approximate surface area is 111 Å². The third-order valence-corrected chi connectivity index (χ3v) is 2.55. The number of nitriles is 1. The van der Waals surface area contributed by atoms with Gasteiger partial charge in [-0.15, -0.1) is 0 Å². The van der Waals surface area contributed by atoms with E-state index in [1.54, 1.807) is 24.3 Å². The Morgan fingerprint density at radius 3 is 2.68 bits per heavy atom. The summed E-state index contributed by atoms with van der Waals surface area (Å²) < 4.78 is 10.9. The lowest BCUT2D eigenvalue weighted by molar-refractivity contribution is 0.373. The Balaban J connectivity index is 2.35. The molecule has 0 spiro atoms. The summed E-state index contributed by atoms with van der Waals surface area (Å²) in [4.78, 5) is 4.12. The molecule has 96 valence electrons. The first kappa shape index (κ1) is 12.7. The van der Waals surface area contributed by atoms with E-state index in [4.69, 9.17) is 20.5 Å². The molecule has 0 aliphatic rings. The fourth-order valence-corrected chi connectivity index (χ4v) is 1.62. The van der Waals surface area contributed by atoms with Crippen LogP contribution in [0, 0.1) is 18.3 Å². The molecule has 19 heavy (non-hydrogen) atoms. The Morgan fingerprint density at radius 1 is 1.26 bits per heavy atom. The van der Waals surface area contributed by atoms with Crippen molar-refractivity contribution >= 4 is 5.69 Å². The zero-order valence-corrected chi connectivity index (χ0v) is 10.7. The second-order valence-corrected chi connectivity index (χ2v) is 3.97. The number of benzene rings is 1. The first-order valence-corrected chi connectivity index (χ1v) is 5.62. The minimum atomic E-state index is 0.456. The van der Waals surface area contributed by atoms with Gasteiger partial charge in [0.25, 0.3) is 0 Å². The van der Waals surface area contributed by atoms with Gasteiger partial charge in [0.05, 0.1) is 30.6 Å². The number of methoxy groups -OCH3 is 1. The number of hydrogen-bond acceptors (Lipinski definition) is 5. The molecule has 1 aromatic heterocycles. The van der Waals surface area contributed by atoms with Gasteiger partial charge in [-0.1, -0.05) is 0 Å². The quantitative estimate of drug-likeness (QED) is 0.911. The molecule has 1 heterocycles. The van der Waals surface area contributed by atoms with Crippen LogP contribution in [0.2, 0.25) is 0 Å². The molecule has 0 aliphatic heterocycles. The van der Waals surface area contributed by atoms with Crippen LogP contribution >= 0.6 is 0 Å². The van der Waals surface area contributed by atoms with Crippen molar-refractivity contribution in [1.29, 1.82) is 5.26 Å². The molecule has 1 aromatic carbocycles. The number of rotatable bonds is 3. The smallest absolute Gasteiger partial charge is 0.222 e. The van der Waals surface area contributed by atoms with Crippen LogP contribution in [0.25, 0.3) is 0 Å². The van der Waals surface area contributed by atoms with Gasteiger partial charge in [0.15, 0.2) is 11.5 Å². The van der Waals surface area contributed by atoms with Crippen molar-refractivity contribution in [2.24, 2.45) is 0 Å². The predicted octanol–water partition coefficient (Wildman–Crippen LogP) is 2.64. The van der Waals surface area contributed by atoms with Gasteiger partial charge in [0.2, 0.25) is 5.88 Å². The van der Waals surface area contributed by atoms with E-state index in [0.717, 1.165) is 5.56 Å². The summed E-state index contributed by atoms with van der Waals surface area (Å²) in [6.07, 6.45) is 1.53. The Morgan fingerprint density at radius 2 is 2.05 bits per heavy atom. The van der Waals surface area contributed by atoms with Crippen LogP contribution in [0.15, 0.2) is 30.5 Å². The standard InChI is InChI=1S/C14H13N3O2/c1-9-5-11(16)8-17-14(9)19-12-4-3-10(7-15)6-13(12)18-2/h3-6,8H,16H2,1-2H3. The maximum absolute atomic E-state index is 8.84. The van der Waals surface area contributed by atoms with Gasteiger partial charge in [-0.2, -0.15) is 5.26 Å². The number of ether oxygens (including phenoxy) is 2. The van der Waals surface area contributed by atoms with E-state index in [1.807, 2.05) is 13.0 Å². The topological polar surface area (TPSA) is 81.2 Å². The van der Waals surface area contributed by atoms with Crippen LogP contribution in [0.3, 0.4) is 0 Å². The number of anilines is 1. The number of hydrogen-bond donors (Lipinski definition) is 1. The number of aryl methyl sites for hydroxylation is 1. The molecule has 0 radical (unpaired) electrons. The summed E-state index contributed by atoms with van der Waals surface area (Å²) in [5.41, 5.74) is 7.55. The number of aromatic nitrogens is 1. The van der Waals surface area contributed by atoms with Crippen molar-refractivity contribution in [1.82, 2.24) is 4.98 Å². The average molecular weight is 255 g/mol. The highest BCUT2D eigenvalue weighted by Gasteiger charge is 2.09. The monoisotopic (exact) mass is 255 g/mol. The fraction of sp³-hybridized carbons (Fsp3) is 0.143. The van der Waals surface area contributed by atoms with E-state index in [-0.39, 0.29) is 0 Å². The fourth-order valence-electron chi connectivity index (χ4n) is 1.62. The van der Waals surface area contributed by atoms with Gasteiger partial charge in [0, 0.05) is 11.6 Å². The van der Waals surface area contributed by atoms with E-state index in [2.05, 4.69) is 4.98 Å². The number of nitrogens with two attached hydrogens (primary N) is 1. The van der Waals surface area contributed by atoms with E-state index in [0.29, 0.717) is 28.6 Å². The zero-order valence-electron chi connectivity index (χ0n) is 10.7. The summed E-state index contributed by atoms with van der Waals surface area (Å²) in [7, 11) is 1.52. The third kappa shape index (κ3) is 2.75. The number of pyridine rings is 1. The molecule has 0 aliphatic carbocycles.